The van der Waals surface area contributed by atoms with Gasteiger partial charge in [0.05, 0.1) is 12.1 Å². The Kier molecular flexibility index (Phi) is 5.06. The second kappa shape index (κ2) is 6.09. The molecule has 94 valence electrons. The van der Waals surface area contributed by atoms with Crippen molar-refractivity contribution in [2.24, 2.45) is 5.92 Å². The highest BCUT2D eigenvalue weighted by Gasteiger charge is 2.34. The minimum absolute atomic E-state index is 0.0409. The molecule has 0 bridgehead atoms. The molecule has 0 aromatic rings. The lowest BCUT2D eigenvalue weighted by atomic mass is 9.77. The Balaban J connectivity index is 2.44. The van der Waals surface area contributed by atoms with Crippen molar-refractivity contribution in [1.82, 2.24) is 10.6 Å². The van der Waals surface area contributed by atoms with Gasteiger partial charge in [-0.05, 0) is 38.0 Å². The molecule has 0 saturated heterocycles. The first-order valence-electron chi connectivity index (χ1n) is 6.29. The fourth-order valence-electron chi connectivity index (χ4n) is 2.16. The van der Waals surface area contributed by atoms with E-state index in [1.165, 1.54) is 0 Å². The fraction of sp³-hybridized carbons (Fsp3) is 0.917. The first kappa shape index (κ1) is 13.3. The largest absolute Gasteiger partial charge is 0.394 e. The Morgan fingerprint density at radius 1 is 1.44 bits per heavy atom. The molecule has 0 heterocycles. The van der Waals surface area contributed by atoms with Crippen LogP contribution in [0.5, 0.6) is 0 Å². The first-order valence-corrected chi connectivity index (χ1v) is 6.29. The normalized spacial score (nSPS) is 29.8. The molecule has 0 unspecified atom stereocenters. The van der Waals surface area contributed by atoms with E-state index in [0.29, 0.717) is 12.5 Å². The first-order chi connectivity index (χ1) is 7.62. The number of aliphatic hydroxyl groups excluding tert-OH is 1. The van der Waals surface area contributed by atoms with Gasteiger partial charge in [0.1, 0.15) is 0 Å². The van der Waals surface area contributed by atoms with Crippen molar-refractivity contribution in [1.29, 1.82) is 0 Å². The van der Waals surface area contributed by atoms with Crippen LogP contribution in [0.3, 0.4) is 0 Å². The van der Waals surface area contributed by atoms with Crippen molar-refractivity contribution >= 4 is 6.03 Å². The Labute approximate surface area is 97.8 Å². The van der Waals surface area contributed by atoms with E-state index in [1.807, 2.05) is 6.92 Å². The third-order valence-electron chi connectivity index (χ3n) is 3.45. The van der Waals surface area contributed by atoms with Crippen molar-refractivity contribution in [3.8, 4) is 0 Å². The van der Waals surface area contributed by atoms with Gasteiger partial charge in [0.15, 0.2) is 0 Å². The number of hydrogen-bond acceptors (Lipinski definition) is 2. The highest BCUT2D eigenvalue weighted by Crippen LogP contribution is 2.31. The molecule has 1 aliphatic rings. The number of nitrogens with one attached hydrogen (secondary N) is 2. The summed E-state index contributed by atoms with van der Waals surface area (Å²) in [6.07, 6.45) is 4.84. The molecule has 0 atom stereocenters. The zero-order valence-corrected chi connectivity index (χ0v) is 10.4. The van der Waals surface area contributed by atoms with Crippen molar-refractivity contribution in [2.45, 2.75) is 51.5 Å². The van der Waals surface area contributed by atoms with Gasteiger partial charge in [0.2, 0.25) is 0 Å². The van der Waals surface area contributed by atoms with Crippen molar-refractivity contribution in [3.05, 3.63) is 0 Å². The van der Waals surface area contributed by atoms with Crippen LogP contribution in [0.4, 0.5) is 4.79 Å². The summed E-state index contributed by atoms with van der Waals surface area (Å²) in [5.41, 5.74) is -0.385. The number of urea groups is 1. The lowest BCUT2D eigenvalue weighted by molar-refractivity contribution is 0.111. The average molecular weight is 228 g/mol. The molecule has 1 fully saturated rings. The maximum Gasteiger partial charge on any atom is 0.315 e. The predicted octanol–water partition coefficient (Wildman–Crippen LogP) is 1.64. The quantitative estimate of drug-likeness (QED) is 0.685. The summed E-state index contributed by atoms with van der Waals surface area (Å²) >= 11 is 0. The number of carbonyl (C=O) groups excluding carboxylic acids is 1. The molecule has 1 saturated carbocycles. The molecule has 0 radical (unpaired) electrons. The van der Waals surface area contributed by atoms with Gasteiger partial charge >= 0.3 is 6.03 Å². The molecule has 16 heavy (non-hydrogen) atoms. The summed E-state index contributed by atoms with van der Waals surface area (Å²) in [7, 11) is 0. The van der Waals surface area contributed by atoms with E-state index in [9.17, 15) is 9.90 Å². The van der Waals surface area contributed by atoms with Gasteiger partial charge in [-0.15, -0.1) is 0 Å². The van der Waals surface area contributed by atoms with Gasteiger partial charge < -0.3 is 15.7 Å². The van der Waals surface area contributed by atoms with Gasteiger partial charge in [-0.3, -0.25) is 0 Å². The van der Waals surface area contributed by atoms with Gasteiger partial charge in [0.25, 0.3) is 0 Å². The predicted molar refractivity (Wildman–Crippen MR) is 64.3 cm³/mol. The summed E-state index contributed by atoms with van der Waals surface area (Å²) in [6, 6.07) is -0.148. The van der Waals surface area contributed by atoms with Gasteiger partial charge in [-0.2, -0.15) is 0 Å². The van der Waals surface area contributed by atoms with Crippen LogP contribution in [0.25, 0.3) is 0 Å². The van der Waals surface area contributed by atoms with E-state index in [0.717, 1.165) is 32.1 Å². The summed E-state index contributed by atoms with van der Waals surface area (Å²) in [5, 5.41) is 15.2. The summed E-state index contributed by atoms with van der Waals surface area (Å²) in [5.74, 6) is 0.708. The SMILES string of the molecule is CCCNC(=O)NC1(CO)CCC(C)CC1. The van der Waals surface area contributed by atoms with E-state index in [1.54, 1.807) is 0 Å². The minimum Gasteiger partial charge on any atom is -0.394 e. The summed E-state index contributed by atoms with van der Waals surface area (Å²) in [6.45, 7) is 4.96. The van der Waals surface area contributed by atoms with E-state index in [2.05, 4.69) is 17.6 Å². The second-order valence-electron chi connectivity index (χ2n) is 5.00. The second-order valence-corrected chi connectivity index (χ2v) is 5.00. The average Bonchev–Trinajstić information content (AvgIpc) is 2.30. The third kappa shape index (κ3) is 3.67. The van der Waals surface area contributed by atoms with Crippen LogP contribution in [-0.2, 0) is 0 Å². The highest BCUT2D eigenvalue weighted by atomic mass is 16.3. The van der Waals surface area contributed by atoms with Crippen LogP contribution in [0.15, 0.2) is 0 Å². The van der Waals surface area contributed by atoms with Gasteiger partial charge in [-0.25, -0.2) is 4.79 Å². The molecule has 0 aliphatic heterocycles. The molecule has 2 amide bonds. The monoisotopic (exact) mass is 228 g/mol. The number of amides is 2. The lowest BCUT2D eigenvalue weighted by Crippen LogP contribution is -2.56. The van der Waals surface area contributed by atoms with Gasteiger partial charge in [0, 0.05) is 6.54 Å². The topological polar surface area (TPSA) is 61.4 Å². The van der Waals surface area contributed by atoms with E-state index < -0.39 is 0 Å². The van der Waals surface area contributed by atoms with Gasteiger partial charge in [-0.1, -0.05) is 13.8 Å². The van der Waals surface area contributed by atoms with Crippen LogP contribution in [0.1, 0.15) is 46.0 Å². The highest BCUT2D eigenvalue weighted by molar-refractivity contribution is 5.74. The summed E-state index contributed by atoms with van der Waals surface area (Å²) in [4.78, 5) is 11.6. The van der Waals surface area contributed by atoms with Crippen LogP contribution >= 0.6 is 0 Å². The number of aliphatic hydroxyl groups is 1. The maximum absolute atomic E-state index is 11.6. The van der Waals surface area contributed by atoms with Crippen LogP contribution in [0, 0.1) is 5.92 Å². The maximum atomic E-state index is 11.6. The third-order valence-corrected chi connectivity index (χ3v) is 3.45. The standard InChI is InChI=1S/C12H24N2O2/c1-3-8-13-11(16)14-12(9-15)6-4-10(2)5-7-12/h10,15H,3-9H2,1-2H3,(H2,13,14,16). The molecule has 1 rings (SSSR count). The zero-order chi connectivity index (χ0) is 12.0. The molecule has 1 aliphatic carbocycles. The molecule has 3 N–H and O–H groups in total. The van der Waals surface area contributed by atoms with E-state index in [4.69, 9.17) is 0 Å². The van der Waals surface area contributed by atoms with Crippen molar-refractivity contribution in [2.75, 3.05) is 13.2 Å². The molecule has 4 heteroatoms. The van der Waals surface area contributed by atoms with Crippen molar-refractivity contribution < 1.29 is 9.90 Å². The molecule has 0 spiro atoms. The zero-order valence-electron chi connectivity index (χ0n) is 10.4. The van der Waals surface area contributed by atoms with E-state index in [-0.39, 0.29) is 18.2 Å². The Morgan fingerprint density at radius 2 is 2.06 bits per heavy atom. The Bertz CT molecular complexity index is 223. The van der Waals surface area contributed by atoms with E-state index >= 15 is 0 Å². The van der Waals surface area contributed by atoms with Crippen LogP contribution in [0.2, 0.25) is 0 Å². The fourth-order valence-corrected chi connectivity index (χ4v) is 2.16. The molecule has 0 aromatic heterocycles. The lowest BCUT2D eigenvalue weighted by Gasteiger charge is -2.38. The molecular weight excluding hydrogens is 204 g/mol. The minimum atomic E-state index is -0.385. The van der Waals surface area contributed by atoms with Crippen LogP contribution < -0.4 is 10.6 Å². The Hall–Kier alpha value is -0.770. The number of carbonyl (C=O) groups is 1. The molecule has 0 aromatic carbocycles. The van der Waals surface area contributed by atoms with Crippen molar-refractivity contribution in [3.63, 3.8) is 0 Å². The Morgan fingerprint density at radius 3 is 2.56 bits per heavy atom. The number of rotatable bonds is 4. The number of hydrogen-bond donors (Lipinski definition) is 3. The summed E-state index contributed by atoms with van der Waals surface area (Å²) < 4.78 is 0. The smallest absolute Gasteiger partial charge is 0.315 e. The molecular formula is C12H24N2O2. The van der Waals surface area contributed by atoms with Crippen LogP contribution in [-0.4, -0.2) is 29.8 Å². The molecule has 4 nitrogen and oxygen atoms in total.